The highest BCUT2D eigenvalue weighted by Gasteiger charge is 2.23. The summed E-state index contributed by atoms with van der Waals surface area (Å²) in [7, 11) is 2.16. The molecule has 0 fully saturated rings. The average Bonchev–Trinajstić information content (AvgIpc) is 2.54. The van der Waals surface area contributed by atoms with Crippen molar-refractivity contribution in [3.8, 4) is 5.75 Å². The van der Waals surface area contributed by atoms with Crippen molar-refractivity contribution in [2.75, 3.05) is 13.7 Å². The van der Waals surface area contributed by atoms with Crippen molar-refractivity contribution in [3.05, 3.63) is 58.9 Å². The summed E-state index contributed by atoms with van der Waals surface area (Å²) >= 11 is 5.91. The maximum atomic E-state index is 6.06. The maximum absolute atomic E-state index is 6.06. The molecule has 22 heavy (non-hydrogen) atoms. The zero-order chi connectivity index (χ0) is 15.5. The number of ether oxygens (including phenoxy) is 1. The van der Waals surface area contributed by atoms with E-state index in [0.29, 0.717) is 18.5 Å². The Morgan fingerprint density at radius 2 is 2.05 bits per heavy atom. The van der Waals surface area contributed by atoms with Crippen LogP contribution in [-0.2, 0) is 18.8 Å². The van der Waals surface area contributed by atoms with Crippen molar-refractivity contribution in [2.24, 2.45) is 0 Å². The minimum atomic E-state index is 0.391. The monoisotopic (exact) mass is 316 g/mol. The fraction of sp³-hybridized carbons (Fsp3) is 0.389. The van der Waals surface area contributed by atoms with Gasteiger partial charge in [-0.25, -0.2) is 0 Å². The topological polar surface area (TPSA) is 25.4 Å². The first-order valence-corrected chi connectivity index (χ1v) is 8.12. The van der Waals surface area contributed by atoms with Gasteiger partial charge in [-0.1, -0.05) is 24.3 Å². The molecule has 0 radical (unpaired) electrons. The molecule has 0 N–H and O–H groups in total. The summed E-state index contributed by atoms with van der Waals surface area (Å²) in [6, 6.07) is 11.0. The Bertz CT molecular complexity index is 659. The number of hydrogen-bond acceptors (Lipinski definition) is 3. The number of fused-ring (bicyclic) bond motifs is 1. The van der Waals surface area contributed by atoms with Crippen LogP contribution in [0.4, 0.5) is 0 Å². The second kappa shape index (κ2) is 6.67. The first-order chi connectivity index (χ1) is 10.7. The van der Waals surface area contributed by atoms with Gasteiger partial charge in [0.15, 0.2) is 0 Å². The smallest absolute Gasteiger partial charge is 0.125 e. The third kappa shape index (κ3) is 3.11. The van der Waals surface area contributed by atoms with Crippen LogP contribution in [0.15, 0.2) is 36.5 Å². The second-order valence-corrected chi connectivity index (χ2v) is 6.13. The van der Waals surface area contributed by atoms with Crippen LogP contribution in [0.3, 0.4) is 0 Å². The van der Waals surface area contributed by atoms with E-state index in [0.717, 1.165) is 30.0 Å². The van der Waals surface area contributed by atoms with Crippen LogP contribution < -0.4 is 4.74 Å². The Hall–Kier alpha value is -1.58. The SMILES string of the molecule is Cc1c(OCC2Cc3ccccc3CN2C)ccnc1CCl. The van der Waals surface area contributed by atoms with E-state index in [1.54, 1.807) is 6.20 Å². The van der Waals surface area contributed by atoms with Gasteiger partial charge >= 0.3 is 0 Å². The van der Waals surface area contributed by atoms with Crippen molar-refractivity contribution in [3.63, 3.8) is 0 Å². The number of rotatable bonds is 4. The molecule has 1 aromatic heterocycles. The molecular formula is C18H21ClN2O. The molecule has 116 valence electrons. The van der Waals surface area contributed by atoms with Gasteiger partial charge in [-0.15, -0.1) is 11.6 Å². The zero-order valence-electron chi connectivity index (χ0n) is 13.1. The minimum Gasteiger partial charge on any atom is -0.492 e. The van der Waals surface area contributed by atoms with Crippen LogP contribution in [0.1, 0.15) is 22.4 Å². The molecule has 0 saturated heterocycles. The molecule has 1 aromatic carbocycles. The standard InChI is InChI=1S/C18H21ClN2O/c1-13-17(10-19)20-8-7-18(13)22-12-16-9-14-5-3-4-6-15(14)11-21(16)2/h3-8,16H,9-12H2,1-2H3. The Balaban J connectivity index is 1.70. The molecule has 1 aliphatic heterocycles. The number of halogens is 1. The van der Waals surface area contributed by atoms with Gasteiger partial charge in [0.05, 0.1) is 11.6 Å². The second-order valence-electron chi connectivity index (χ2n) is 5.87. The van der Waals surface area contributed by atoms with Crippen LogP contribution in [-0.4, -0.2) is 29.6 Å². The molecule has 1 unspecified atom stereocenters. The largest absolute Gasteiger partial charge is 0.492 e. The van der Waals surface area contributed by atoms with E-state index in [-0.39, 0.29) is 0 Å². The normalized spacial score (nSPS) is 18.0. The van der Waals surface area contributed by atoms with Crippen LogP contribution in [0.25, 0.3) is 0 Å². The summed E-state index contributed by atoms with van der Waals surface area (Å²) in [5.74, 6) is 1.30. The summed E-state index contributed by atoms with van der Waals surface area (Å²) < 4.78 is 6.06. The highest BCUT2D eigenvalue weighted by molar-refractivity contribution is 6.17. The van der Waals surface area contributed by atoms with Gasteiger partial charge in [-0.3, -0.25) is 9.88 Å². The molecule has 0 spiro atoms. The molecule has 0 saturated carbocycles. The van der Waals surface area contributed by atoms with E-state index >= 15 is 0 Å². The number of pyridine rings is 1. The highest BCUT2D eigenvalue weighted by Crippen LogP contribution is 2.24. The van der Waals surface area contributed by atoms with Crippen LogP contribution in [0, 0.1) is 6.92 Å². The quantitative estimate of drug-likeness (QED) is 0.806. The van der Waals surface area contributed by atoms with Crippen molar-refractivity contribution in [1.29, 1.82) is 0 Å². The van der Waals surface area contributed by atoms with Gasteiger partial charge in [0.1, 0.15) is 12.4 Å². The van der Waals surface area contributed by atoms with Gasteiger partial charge in [-0.05, 0) is 37.6 Å². The number of likely N-dealkylation sites (N-methyl/N-ethyl adjacent to an activating group) is 1. The van der Waals surface area contributed by atoms with E-state index in [1.165, 1.54) is 11.1 Å². The Kier molecular flexibility index (Phi) is 4.65. The minimum absolute atomic E-state index is 0.391. The van der Waals surface area contributed by atoms with Gasteiger partial charge in [-0.2, -0.15) is 0 Å². The highest BCUT2D eigenvalue weighted by atomic mass is 35.5. The molecule has 2 aromatic rings. The molecule has 3 rings (SSSR count). The summed E-state index contributed by atoms with van der Waals surface area (Å²) in [6.45, 7) is 3.67. The first-order valence-electron chi connectivity index (χ1n) is 7.59. The summed E-state index contributed by atoms with van der Waals surface area (Å²) in [6.07, 6.45) is 2.79. The molecular weight excluding hydrogens is 296 g/mol. The number of benzene rings is 1. The van der Waals surface area contributed by atoms with E-state index in [4.69, 9.17) is 16.3 Å². The van der Waals surface area contributed by atoms with Crippen molar-refractivity contribution in [1.82, 2.24) is 9.88 Å². The summed E-state index contributed by atoms with van der Waals surface area (Å²) in [4.78, 5) is 6.64. The molecule has 4 heteroatoms. The molecule has 2 heterocycles. The molecule has 0 aliphatic carbocycles. The van der Waals surface area contributed by atoms with Crippen molar-refractivity contribution < 1.29 is 4.74 Å². The third-order valence-corrected chi connectivity index (χ3v) is 4.69. The first kappa shape index (κ1) is 15.3. The van der Waals surface area contributed by atoms with E-state index in [1.807, 2.05) is 13.0 Å². The van der Waals surface area contributed by atoms with Gasteiger partial charge in [0, 0.05) is 24.3 Å². The van der Waals surface area contributed by atoms with Gasteiger partial charge < -0.3 is 4.74 Å². The van der Waals surface area contributed by atoms with Crippen LogP contribution >= 0.6 is 11.6 Å². The third-order valence-electron chi connectivity index (χ3n) is 4.43. The number of aromatic nitrogens is 1. The molecule has 1 atom stereocenters. The summed E-state index contributed by atoms with van der Waals surface area (Å²) in [5.41, 5.74) is 4.78. The van der Waals surface area contributed by atoms with Gasteiger partial charge in [0.25, 0.3) is 0 Å². The lowest BCUT2D eigenvalue weighted by atomic mass is 9.95. The van der Waals surface area contributed by atoms with Crippen molar-refractivity contribution in [2.45, 2.75) is 31.8 Å². The van der Waals surface area contributed by atoms with E-state index in [9.17, 15) is 0 Å². The van der Waals surface area contributed by atoms with E-state index < -0.39 is 0 Å². The Morgan fingerprint density at radius 3 is 2.82 bits per heavy atom. The number of alkyl halides is 1. The fourth-order valence-corrected chi connectivity index (χ4v) is 3.21. The van der Waals surface area contributed by atoms with Crippen LogP contribution in [0.5, 0.6) is 5.75 Å². The Labute approximate surface area is 136 Å². The zero-order valence-corrected chi connectivity index (χ0v) is 13.8. The predicted molar refractivity (Wildman–Crippen MR) is 89.4 cm³/mol. The van der Waals surface area contributed by atoms with E-state index in [2.05, 4.69) is 41.2 Å². The lowest BCUT2D eigenvalue weighted by Crippen LogP contribution is -2.41. The van der Waals surface area contributed by atoms with Gasteiger partial charge in [0.2, 0.25) is 0 Å². The Morgan fingerprint density at radius 1 is 1.27 bits per heavy atom. The molecule has 0 amide bonds. The lowest BCUT2D eigenvalue weighted by Gasteiger charge is -2.34. The summed E-state index contributed by atoms with van der Waals surface area (Å²) in [5, 5.41) is 0. The average molecular weight is 317 g/mol. The number of hydrogen-bond donors (Lipinski definition) is 0. The molecule has 1 aliphatic rings. The number of nitrogens with zero attached hydrogens (tertiary/aromatic N) is 2. The molecule has 0 bridgehead atoms. The predicted octanol–water partition coefficient (Wildman–Crippen LogP) is 3.56. The lowest BCUT2D eigenvalue weighted by molar-refractivity contribution is 0.143. The maximum Gasteiger partial charge on any atom is 0.125 e. The van der Waals surface area contributed by atoms with Crippen molar-refractivity contribution >= 4 is 11.6 Å². The van der Waals surface area contributed by atoms with Crippen LogP contribution in [0.2, 0.25) is 0 Å². The fourth-order valence-electron chi connectivity index (χ4n) is 2.94. The molecule has 3 nitrogen and oxygen atoms in total.